The highest BCUT2D eigenvalue weighted by atomic mass is 16.2. The summed E-state index contributed by atoms with van der Waals surface area (Å²) in [5.74, 6) is -0.646. The van der Waals surface area contributed by atoms with Crippen LogP contribution in [0.15, 0.2) is 0 Å². The SMILES string of the molecule is CCC[C@@H](N)C(=O)NCCC(N)=O. The van der Waals surface area contributed by atoms with Gasteiger partial charge in [0.2, 0.25) is 11.8 Å². The van der Waals surface area contributed by atoms with E-state index >= 15 is 0 Å². The van der Waals surface area contributed by atoms with Crippen molar-refractivity contribution < 1.29 is 9.59 Å². The molecule has 0 aromatic heterocycles. The van der Waals surface area contributed by atoms with Gasteiger partial charge in [0.05, 0.1) is 6.04 Å². The van der Waals surface area contributed by atoms with Gasteiger partial charge in [0, 0.05) is 13.0 Å². The van der Waals surface area contributed by atoms with Crippen LogP contribution in [0.1, 0.15) is 26.2 Å². The van der Waals surface area contributed by atoms with E-state index in [4.69, 9.17) is 11.5 Å². The molecule has 0 radical (unpaired) electrons. The molecule has 13 heavy (non-hydrogen) atoms. The molecule has 2 amide bonds. The first-order chi connectivity index (χ1) is 6.07. The molecule has 0 fully saturated rings. The number of carbonyl (C=O) groups excluding carboxylic acids is 2. The van der Waals surface area contributed by atoms with E-state index in [0.29, 0.717) is 6.42 Å². The second kappa shape index (κ2) is 6.42. The summed E-state index contributed by atoms with van der Waals surface area (Å²) in [6, 6.07) is -0.474. The van der Waals surface area contributed by atoms with Gasteiger partial charge in [0.1, 0.15) is 0 Å². The van der Waals surface area contributed by atoms with Gasteiger partial charge in [-0.05, 0) is 6.42 Å². The standard InChI is InChI=1S/C8H17N3O2/c1-2-3-6(9)8(13)11-5-4-7(10)12/h6H,2-5,9H2,1H3,(H2,10,12)(H,11,13)/t6-/m1/s1. The molecule has 0 rings (SSSR count). The van der Waals surface area contributed by atoms with Crippen molar-refractivity contribution in [3.8, 4) is 0 Å². The van der Waals surface area contributed by atoms with E-state index in [1.807, 2.05) is 6.92 Å². The highest BCUT2D eigenvalue weighted by Gasteiger charge is 2.10. The van der Waals surface area contributed by atoms with E-state index in [1.54, 1.807) is 0 Å². The third-order valence-electron chi connectivity index (χ3n) is 1.61. The van der Waals surface area contributed by atoms with E-state index in [1.165, 1.54) is 0 Å². The molecule has 0 aliphatic rings. The van der Waals surface area contributed by atoms with Crippen molar-refractivity contribution in [3.63, 3.8) is 0 Å². The monoisotopic (exact) mass is 187 g/mol. The van der Waals surface area contributed by atoms with Gasteiger partial charge in [0.15, 0.2) is 0 Å². The molecular formula is C8H17N3O2. The second-order valence-corrected chi connectivity index (χ2v) is 2.90. The molecule has 0 bridgehead atoms. The first-order valence-corrected chi connectivity index (χ1v) is 4.39. The summed E-state index contributed by atoms with van der Waals surface area (Å²) in [7, 11) is 0. The normalized spacial score (nSPS) is 12.2. The predicted molar refractivity (Wildman–Crippen MR) is 49.7 cm³/mol. The lowest BCUT2D eigenvalue weighted by atomic mass is 10.2. The van der Waals surface area contributed by atoms with Crippen molar-refractivity contribution in [2.24, 2.45) is 11.5 Å². The highest BCUT2D eigenvalue weighted by molar-refractivity contribution is 5.82. The van der Waals surface area contributed by atoms with Crippen LogP contribution in [0.5, 0.6) is 0 Å². The topological polar surface area (TPSA) is 98.2 Å². The molecule has 0 spiro atoms. The Morgan fingerprint density at radius 3 is 2.54 bits per heavy atom. The summed E-state index contributed by atoms with van der Waals surface area (Å²) < 4.78 is 0. The Hall–Kier alpha value is -1.10. The number of amides is 2. The fraction of sp³-hybridized carbons (Fsp3) is 0.750. The zero-order valence-electron chi connectivity index (χ0n) is 7.88. The first-order valence-electron chi connectivity index (χ1n) is 4.39. The van der Waals surface area contributed by atoms with Gasteiger partial charge in [-0.1, -0.05) is 13.3 Å². The minimum Gasteiger partial charge on any atom is -0.370 e. The number of carbonyl (C=O) groups is 2. The molecule has 5 N–H and O–H groups in total. The van der Waals surface area contributed by atoms with E-state index in [-0.39, 0.29) is 18.9 Å². The maximum absolute atomic E-state index is 11.1. The molecule has 0 aromatic carbocycles. The lowest BCUT2D eigenvalue weighted by Crippen LogP contribution is -2.41. The minimum atomic E-state index is -0.474. The Bertz CT molecular complexity index is 182. The van der Waals surface area contributed by atoms with Crippen LogP contribution in [-0.4, -0.2) is 24.4 Å². The van der Waals surface area contributed by atoms with Gasteiger partial charge >= 0.3 is 0 Å². The summed E-state index contributed by atoms with van der Waals surface area (Å²) in [6.07, 6.45) is 1.68. The molecule has 0 aliphatic carbocycles. The average molecular weight is 187 g/mol. The Balaban J connectivity index is 3.55. The molecule has 5 heteroatoms. The summed E-state index contributed by atoms with van der Waals surface area (Å²) >= 11 is 0. The Kier molecular flexibility index (Phi) is 5.88. The molecule has 0 aliphatic heterocycles. The highest BCUT2D eigenvalue weighted by Crippen LogP contribution is 1.92. The van der Waals surface area contributed by atoms with Gasteiger partial charge < -0.3 is 16.8 Å². The van der Waals surface area contributed by atoms with Gasteiger partial charge in [-0.3, -0.25) is 9.59 Å². The van der Waals surface area contributed by atoms with E-state index in [9.17, 15) is 9.59 Å². The van der Waals surface area contributed by atoms with Crippen LogP contribution in [0.25, 0.3) is 0 Å². The van der Waals surface area contributed by atoms with Crippen LogP contribution in [-0.2, 0) is 9.59 Å². The van der Waals surface area contributed by atoms with Crippen LogP contribution in [0.3, 0.4) is 0 Å². The van der Waals surface area contributed by atoms with Crippen LogP contribution in [0, 0.1) is 0 Å². The minimum absolute atomic E-state index is 0.157. The summed E-state index contributed by atoms with van der Waals surface area (Å²) in [5, 5.41) is 2.53. The second-order valence-electron chi connectivity index (χ2n) is 2.90. The maximum Gasteiger partial charge on any atom is 0.236 e. The van der Waals surface area contributed by atoms with Crippen molar-refractivity contribution in [1.29, 1.82) is 0 Å². The number of rotatable bonds is 6. The molecule has 0 heterocycles. The lowest BCUT2D eigenvalue weighted by molar-refractivity contribution is -0.122. The van der Waals surface area contributed by atoms with Crippen molar-refractivity contribution >= 4 is 11.8 Å². The summed E-state index contributed by atoms with van der Waals surface area (Å²) in [6.45, 7) is 2.22. The van der Waals surface area contributed by atoms with Crippen molar-refractivity contribution in [2.45, 2.75) is 32.2 Å². The molecule has 1 atom stereocenters. The van der Waals surface area contributed by atoms with E-state index < -0.39 is 11.9 Å². The van der Waals surface area contributed by atoms with Crippen molar-refractivity contribution in [1.82, 2.24) is 5.32 Å². The Morgan fingerprint density at radius 2 is 2.08 bits per heavy atom. The molecule has 76 valence electrons. The van der Waals surface area contributed by atoms with Crippen LogP contribution in [0.4, 0.5) is 0 Å². The van der Waals surface area contributed by atoms with Crippen molar-refractivity contribution in [3.05, 3.63) is 0 Å². The van der Waals surface area contributed by atoms with Crippen LogP contribution in [0.2, 0.25) is 0 Å². The number of hydrogen-bond donors (Lipinski definition) is 3. The predicted octanol–water partition coefficient (Wildman–Crippen LogP) is -0.895. The molecule has 0 saturated carbocycles. The van der Waals surface area contributed by atoms with Gasteiger partial charge in [-0.2, -0.15) is 0 Å². The largest absolute Gasteiger partial charge is 0.370 e. The summed E-state index contributed by atoms with van der Waals surface area (Å²) in [5.41, 5.74) is 10.4. The molecule has 5 nitrogen and oxygen atoms in total. The first kappa shape index (κ1) is 11.9. The van der Waals surface area contributed by atoms with Gasteiger partial charge in [-0.15, -0.1) is 0 Å². The number of primary amides is 1. The average Bonchev–Trinajstić information content (AvgIpc) is 2.04. The molecule has 0 aromatic rings. The zero-order chi connectivity index (χ0) is 10.3. The number of hydrogen-bond acceptors (Lipinski definition) is 3. The zero-order valence-corrected chi connectivity index (χ0v) is 7.88. The number of nitrogens with two attached hydrogens (primary N) is 2. The van der Waals surface area contributed by atoms with E-state index in [0.717, 1.165) is 6.42 Å². The quantitative estimate of drug-likeness (QED) is 0.503. The van der Waals surface area contributed by atoms with Crippen molar-refractivity contribution in [2.75, 3.05) is 6.54 Å². The third-order valence-corrected chi connectivity index (χ3v) is 1.61. The van der Waals surface area contributed by atoms with Crippen LogP contribution < -0.4 is 16.8 Å². The lowest BCUT2D eigenvalue weighted by Gasteiger charge is -2.09. The third kappa shape index (κ3) is 6.10. The molecule has 0 saturated heterocycles. The Labute approximate surface area is 77.8 Å². The van der Waals surface area contributed by atoms with Gasteiger partial charge in [-0.25, -0.2) is 0 Å². The fourth-order valence-electron chi connectivity index (χ4n) is 0.882. The molecular weight excluding hydrogens is 170 g/mol. The molecule has 0 unspecified atom stereocenters. The van der Waals surface area contributed by atoms with Gasteiger partial charge in [0.25, 0.3) is 0 Å². The summed E-state index contributed by atoms with van der Waals surface area (Å²) in [4.78, 5) is 21.4. The maximum atomic E-state index is 11.1. The fourth-order valence-corrected chi connectivity index (χ4v) is 0.882. The van der Waals surface area contributed by atoms with E-state index in [2.05, 4.69) is 5.32 Å². The number of nitrogens with one attached hydrogen (secondary N) is 1. The van der Waals surface area contributed by atoms with Crippen LogP contribution >= 0.6 is 0 Å². The smallest absolute Gasteiger partial charge is 0.236 e. The Morgan fingerprint density at radius 1 is 1.46 bits per heavy atom.